The third-order valence-electron chi connectivity index (χ3n) is 4.21. The van der Waals surface area contributed by atoms with Crippen LogP contribution in [0.25, 0.3) is 0 Å². The summed E-state index contributed by atoms with van der Waals surface area (Å²) in [5.41, 5.74) is 1.16. The molecule has 0 radical (unpaired) electrons. The lowest BCUT2D eigenvalue weighted by atomic mass is 10.1. The normalized spacial score (nSPS) is 15.4. The number of aromatic carboxylic acids is 1. The number of carboxylic acids is 1. The molecule has 1 aliphatic heterocycles. The van der Waals surface area contributed by atoms with E-state index >= 15 is 0 Å². The van der Waals surface area contributed by atoms with Gasteiger partial charge in [0.25, 0.3) is 0 Å². The highest BCUT2D eigenvalue weighted by Crippen LogP contribution is 2.30. The van der Waals surface area contributed by atoms with Gasteiger partial charge < -0.3 is 19.4 Å². The van der Waals surface area contributed by atoms with E-state index in [4.69, 9.17) is 19.4 Å². The minimum atomic E-state index is -0.979. The molecule has 28 heavy (non-hydrogen) atoms. The van der Waals surface area contributed by atoms with E-state index in [0.717, 1.165) is 17.1 Å². The molecule has 0 aliphatic carbocycles. The van der Waals surface area contributed by atoms with Crippen LogP contribution in [0.3, 0.4) is 0 Å². The number of hydrogen-bond acceptors (Lipinski definition) is 5. The molecule has 1 aliphatic rings. The van der Waals surface area contributed by atoms with E-state index in [1.807, 2.05) is 54.6 Å². The van der Waals surface area contributed by atoms with Crippen LogP contribution in [-0.4, -0.2) is 17.0 Å². The molecule has 0 amide bonds. The highest BCUT2D eigenvalue weighted by Gasteiger charge is 2.24. The summed E-state index contributed by atoms with van der Waals surface area (Å²) in [5.74, 6) is 1.49. The Morgan fingerprint density at radius 1 is 0.857 bits per heavy atom. The number of benzene rings is 3. The van der Waals surface area contributed by atoms with Crippen LogP contribution in [0.4, 0.5) is 0 Å². The fourth-order valence-corrected chi connectivity index (χ4v) is 2.77. The summed E-state index contributed by atoms with van der Waals surface area (Å²) in [7, 11) is 0. The number of ether oxygens (including phenoxy) is 2. The van der Waals surface area contributed by atoms with E-state index in [1.54, 1.807) is 12.1 Å². The Labute approximate surface area is 161 Å². The van der Waals surface area contributed by atoms with Gasteiger partial charge in [-0.25, -0.2) is 4.79 Å². The molecule has 4 rings (SSSR count). The number of oxime groups is 1. The highest BCUT2D eigenvalue weighted by molar-refractivity contribution is 5.88. The van der Waals surface area contributed by atoms with Crippen LogP contribution in [0.1, 0.15) is 28.4 Å². The fourth-order valence-electron chi connectivity index (χ4n) is 2.77. The smallest absolute Gasteiger partial charge is 0.335 e. The first-order valence-corrected chi connectivity index (χ1v) is 8.74. The van der Waals surface area contributed by atoms with Crippen LogP contribution in [0.15, 0.2) is 84.0 Å². The second-order valence-corrected chi connectivity index (χ2v) is 6.20. The first-order chi connectivity index (χ1) is 13.7. The van der Waals surface area contributed by atoms with Gasteiger partial charge in [-0.05, 0) is 54.1 Å². The van der Waals surface area contributed by atoms with Gasteiger partial charge >= 0.3 is 5.97 Å². The molecule has 0 bridgehead atoms. The zero-order valence-electron chi connectivity index (χ0n) is 14.8. The van der Waals surface area contributed by atoms with Crippen LogP contribution in [0.2, 0.25) is 0 Å². The second-order valence-electron chi connectivity index (χ2n) is 6.20. The molecule has 3 aromatic carbocycles. The second kappa shape index (κ2) is 7.84. The lowest BCUT2D eigenvalue weighted by Gasteiger charge is -2.10. The summed E-state index contributed by atoms with van der Waals surface area (Å²) in [4.78, 5) is 16.4. The number of carbonyl (C=O) groups is 1. The minimum Gasteiger partial charge on any atom is -0.478 e. The van der Waals surface area contributed by atoms with E-state index in [-0.39, 0.29) is 11.7 Å². The molecule has 3 aromatic rings. The Morgan fingerprint density at radius 3 is 2.14 bits per heavy atom. The van der Waals surface area contributed by atoms with E-state index in [9.17, 15) is 4.79 Å². The van der Waals surface area contributed by atoms with Gasteiger partial charge in [-0.3, -0.25) is 0 Å². The molecule has 0 saturated carbocycles. The molecule has 0 saturated heterocycles. The standard InChI is InChI=1S/C22H17NO5/c24-22(25)16-8-12-19(13-9-16)27-21-14-20(28-23-21)15-6-10-18(11-7-15)26-17-4-2-1-3-5-17/h1-13,20H,14H2,(H,24,25)/t20-/m0/s1. The van der Waals surface area contributed by atoms with Crippen molar-refractivity contribution in [2.45, 2.75) is 12.5 Å². The number of para-hydroxylation sites is 1. The quantitative estimate of drug-likeness (QED) is 0.677. The predicted molar refractivity (Wildman–Crippen MR) is 103 cm³/mol. The summed E-state index contributed by atoms with van der Waals surface area (Å²) >= 11 is 0. The molecular formula is C22H17NO5. The zero-order valence-corrected chi connectivity index (χ0v) is 14.8. The average molecular weight is 375 g/mol. The molecule has 6 heteroatoms. The fraction of sp³-hybridized carbons (Fsp3) is 0.0909. The molecule has 140 valence electrons. The van der Waals surface area contributed by atoms with Crippen molar-refractivity contribution in [2.75, 3.05) is 0 Å². The number of hydrogen-bond donors (Lipinski definition) is 1. The molecule has 0 aromatic heterocycles. The maximum atomic E-state index is 10.9. The Balaban J connectivity index is 1.35. The number of rotatable bonds is 5. The SMILES string of the molecule is O=C(O)c1ccc(OC2=NO[C@H](c3ccc(Oc4ccccc4)cc3)C2)cc1. The van der Waals surface area contributed by atoms with Crippen LogP contribution in [0, 0.1) is 0 Å². The highest BCUT2D eigenvalue weighted by atomic mass is 16.7. The predicted octanol–water partition coefficient (Wildman–Crippen LogP) is 5.03. The Morgan fingerprint density at radius 2 is 1.46 bits per heavy atom. The first kappa shape index (κ1) is 17.6. The molecule has 1 atom stereocenters. The van der Waals surface area contributed by atoms with Gasteiger partial charge in [-0.1, -0.05) is 35.5 Å². The maximum Gasteiger partial charge on any atom is 0.335 e. The molecule has 6 nitrogen and oxygen atoms in total. The van der Waals surface area contributed by atoms with Gasteiger partial charge in [-0.15, -0.1) is 0 Å². The van der Waals surface area contributed by atoms with Crippen LogP contribution < -0.4 is 9.47 Å². The van der Waals surface area contributed by atoms with E-state index in [2.05, 4.69) is 5.16 Å². The van der Waals surface area contributed by atoms with E-state index in [1.165, 1.54) is 12.1 Å². The van der Waals surface area contributed by atoms with Crippen LogP contribution >= 0.6 is 0 Å². The summed E-state index contributed by atoms with van der Waals surface area (Å²) < 4.78 is 11.5. The molecule has 0 unspecified atom stereocenters. The van der Waals surface area contributed by atoms with E-state index in [0.29, 0.717) is 18.1 Å². The van der Waals surface area contributed by atoms with E-state index < -0.39 is 5.97 Å². The molecule has 0 fully saturated rings. The third kappa shape index (κ3) is 4.12. The van der Waals surface area contributed by atoms with Gasteiger partial charge in [-0.2, -0.15) is 0 Å². The van der Waals surface area contributed by atoms with Crippen LogP contribution in [0.5, 0.6) is 17.2 Å². The van der Waals surface area contributed by atoms with Crippen molar-refractivity contribution in [1.82, 2.24) is 0 Å². The molecular weight excluding hydrogens is 358 g/mol. The Bertz CT molecular complexity index is 982. The lowest BCUT2D eigenvalue weighted by molar-refractivity contribution is 0.0697. The van der Waals surface area contributed by atoms with Crippen molar-refractivity contribution in [1.29, 1.82) is 0 Å². The van der Waals surface area contributed by atoms with Gasteiger partial charge in [0.05, 0.1) is 12.0 Å². The third-order valence-corrected chi connectivity index (χ3v) is 4.21. The average Bonchev–Trinajstić information content (AvgIpc) is 3.18. The Hall–Kier alpha value is -3.80. The molecule has 1 heterocycles. The van der Waals surface area contributed by atoms with Crippen molar-refractivity contribution in [3.63, 3.8) is 0 Å². The minimum absolute atomic E-state index is 0.202. The maximum absolute atomic E-state index is 10.9. The molecule has 1 N–H and O–H groups in total. The van der Waals surface area contributed by atoms with Crippen molar-refractivity contribution in [3.8, 4) is 17.2 Å². The monoisotopic (exact) mass is 375 g/mol. The summed E-state index contributed by atoms with van der Waals surface area (Å²) in [6.07, 6.45) is 0.249. The summed E-state index contributed by atoms with van der Waals surface area (Å²) in [6.45, 7) is 0. The first-order valence-electron chi connectivity index (χ1n) is 8.74. The zero-order chi connectivity index (χ0) is 19.3. The van der Waals surface area contributed by atoms with Gasteiger partial charge in [0.15, 0.2) is 6.10 Å². The van der Waals surface area contributed by atoms with Gasteiger partial charge in [0, 0.05) is 0 Å². The van der Waals surface area contributed by atoms with Crippen LogP contribution in [-0.2, 0) is 4.84 Å². The number of nitrogens with zero attached hydrogens (tertiary/aromatic N) is 1. The largest absolute Gasteiger partial charge is 0.478 e. The number of carboxylic acid groups (broad SMARTS) is 1. The van der Waals surface area contributed by atoms with Crippen molar-refractivity contribution < 1.29 is 24.2 Å². The summed E-state index contributed by atoms with van der Waals surface area (Å²) in [6, 6.07) is 23.4. The van der Waals surface area contributed by atoms with Crippen molar-refractivity contribution >= 4 is 11.9 Å². The van der Waals surface area contributed by atoms with Gasteiger partial charge in [0.1, 0.15) is 17.2 Å². The lowest BCUT2D eigenvalue weighted by Crippen LogP contribution is -2.07. The van der Waals surface area contributed by atoms with Crippen molar-refractivity contribution in [3.05, 3.63) is 90.0 Å². The Kier molecular flexibility index (Phi) is 4.93. The summed E-state index contributed by atoms with van der Waals surface area (Å²) in [5, 5.41) is 12.9. The topological polar surface area (TPSA) is 77.4 Å². The van der Waals surface area contributed by atoms with Crippen molar-refractivity contribution in [2.24, 2.45) is 5.16 Å². The van der Waals surface area contributed by atoms with Gasteiger partial charge in [0.2, 0.25) is 5.90 Å². The molecule has 0 spiro atoms.